The van der Waals surface area contributed by atoms with Gasteiger partial charge in [0, 0.05) is 0 Å². The summed E-state index contributed by atoms with van der Waals surface area (Å²) in [4.78, 5) is 11.2. The number of esters is 1. The van der Waals surface area contributed by atoms with Crippen LogP contribution in [0.25, 0.3) is 0 Å². The van der Waals surface area contributed by atoms with Crippen LogP contribution < -0.4 is 0 Å². The molecule has 0 radical (unpaired) electrons. The van der Waals surface area contributed by atoms with E-state index >= 15 is 0 Å². The van der Waals surface area contributed by atoms with Crippen LogP contribution in [0.1, 0.15) is 42.1 Å². The van der Waals surface area contributed by atoms with Crippen molar-refractivity contribution in [2.45, 2.75) is 31.6 Å². The van der Waals surface area contributed by atoms with Gasteiger partial charge in [-0.3, -0.25) is 0 Å². The van der Waals surface area contributed by atoms with E-state index in [0.29, 0.717) is 11.0 Å². The minimum Gasteiger partial charge on any atom is -0.465 e. The molecule has 0 amide bonds. The summed E-state index contributed by atoms with van der Waals surface area (Å²) >= 11 is 0. The Hall–Kier alpha value is -1.31. The monoisotopic (exact) mass is 204 g/mol. The highest BCUT2D eigenvalue weighted by molar-refractivity contribution is 5.89. The van der Waals surface area contributed by atoms with E-state index in [1.54, 1.807) is 0 Å². The number of benzene rings is 1. The van der Waals surface area contributed by atoms with Gasteiger partial charge in [-0.1, -0.05) is 25.5 Å². The smallest absolute Gasteiger partial charge is 0.337 e. The van der Waals surface area contributed by atoms with E-state index in [2.05, 4.69) is 11.7 Å². The number of hydrogen-bond acceptors (Lipinski definition) is 2. The molecule has 1 aliphatic rings. The van der Waals surface area contributed by atoms with Crippen molar-refractivity contribution in [1.82, 2.24) is 0 Å². The summed E-state index contributed by atoms with van der Waals surface area (Å²) in [6.45, 7) is 2.28. The molecule has 0 saturated heterocycles. The Labute approximate surface area is 90.3 Å². The van der Waals surface area contributed by atoms with Crippen LogP contribution in [-0.2, 0) is 10.2 Å². The number of rotatable bonds is 2. The van der Waals surface area contributed by atoms with Gasteiger partial charge in [0.2, 0.25) is 0 Å². The molecule has 0 N–H and O–H groups in total. The normalized spacial score (nSPS) is 18.0. The van der Waals surface area contributed by atoms with Crippen LogP contribution in [0.4, 0.5) is 0 Å². The van der Waals surface area contributed by atoms with Gasteiger partial charge in [0.15, 0.2) is 0 Å². The third-order valence-corrected chi connectivity index (χ3v) is 3.46. The lowest BCUT2D eigenvalue weighted by Gasteiger charge is -2.39. The fourth-order valence-corrected chi connectivity index (χ4v) is 2.12. The molecule has 15 heavy (non-hydrogen) atoms. The molecule has 1 aliphatic carbocycles. The van der Waals surface area contributed by atoms with E-state index < -0.39 is 0 Å². The molecule has 0 heterocycles. The van der Waals surface area contributed by atoms with Gasteiger partial charge in [0.1, 0.15) is 0 Å². The first-order chi connectivity index (χ1) is 7.15. The molecule has 1 saturated carbocycles. The Morgan fingerprint density at radius 1 is 1.27 bits per heavy atom. The highest BCUT2D eigenvalue weighted by atomic mass is 16.5. The van der Waals surface area contributed by atoms with Crippen molar-refractivity contribution in [2.75, 3.05) is 7.11 Å². The van der Waals surface area contributed by atoms with Crippen LogP contribution in [0.3, 0.4) is 0 Å². The zero-order valence-corrected chi connectivity index (χ0v) is 9.25. The Bertz CT molecular complexity index is 361. The van der Waals surface area contributed by atoms with Crippen LogP contribution >= 0.6 is 0 Å². The average molecular weight is 204 g/mol. The van der Waals surface area contributed by atoms with E-state index in [9.17, 15) is 4.79 Å². The van der Waals surface area contributed by atoms with Crippen molar-refractivity contribution in [3.8, 4) is 0 Å². The maximum atomic E-state index is 11.2. The van der Waals surface area contributed by atoms with Crippen molar-refractivity contribution in [3.05, 3.63) is 35.4 Å². The van der Waals surface area contributed by atoms with Crippen molar-refractivity contribution >= 4 is 5.97 Å². The van der Waals surface area contributed by atoms with Crippen molar-refractivity contribution in [2.24, 2.45) is 0 Å². The van der Waals surface area contributed by atoms with Crippen LogP contribution in [-0.4, -0.2) is 13.1 Å². The standard InChI is InChI=1S/C13H16O2/c1-13(8-3-9-13)11-6-4-10(5-7-11)12(14)15-2/h4-7H,3,8-9H2,1-2H3. The maximum Gasteiger partial charge on any atom is 0.337 e. The molecule has 2 rings (SSSR count). The Kier molecular flexibility index (Phi) is 2.51. The van der Waals surface area contributed by atoms with Crippen molar-refractivity contribution < 1.29 is 9.53 Å². The van der Waals surface area contributed by atoms with Gasteiger partial charge in [0.05, 0.1) is 12.7 Å². The molecule has 1 aromatic rings. The number of carbonyl (C=O) groups is 1. The quantitative estimate of drug-likeness (QED) is 0.692. The first kappa shape index (κ1) is 10.2. The molecule has 0 bridgehead atoms. The van der Waals surface area contributed by atoms with E-state index in [1.807, 2.05) is 24.3 Å². The van der Waals surface area contributed by atoms with Crippen LogP contribution in [0.15, 0.2) is 24.3 Å². The van der Waals surface area contributed by atoms with E-state index in [0.717, 1.165) is 0 Å². The van der Waals surface area contributed by atoms with Crippen LogP contribution in [0, 0.1) is 0 Å². The topological polar surface area (TPSA) is 26.3 Å². The first-order valence-corrected chi connectivity index (χ1v) is 5.34. The number of ether oxygens (including phenoxy) is 1. The van der Waals surface area contributed by atoms with E-state index in [-0.39, 0.29) is 5.97 Å². The maximum absolute atomic E-state index is 11.2. The Morgan fingerprint density at radius 3 is 2.27 bits per heavy atom. The molecule has 1 fully saturated rings. The van der Waals surface area contributed by atoms with Crippen LogP contribution in [0.5, 0.6) is 0 Å². The third kappa shape index (κ3) is 1.76. The second kappa shape index (κ2) is 3.69. The highest BCUT2D eigenvalue weighted by Gasteiger charge is 2.33. The summed E-state index contributed by atoms with van der Waals surface area (Å²) in [7, 11) is 1.41. The third-order valence-electron chi connectivity index (χ3n) is 3.46. The number of hydrogen-bond donors (Lipinski definition) is 0. The van der Waals surface area contributed by atoms with Gasteiger partial charge in [-0.25, -0.2) is 4.79 Å². The Morgan fingerprint density at radius 2 is 1.87 bits per heavy atom. The predicted molar refractivity (Wildman–Crippen MR) is 59.0 cm³/mol. The molecule has 80 valence electrons. The SMILES string of the molecule is COC(=O)c1ccc(C2(C)CCC2)cc1. The second-order valence-electron chi connectivity index (χ2n) is 4.48. The molecule has 0 unspecified atom stereocenters. The van der Waals surface area contributed by atoms with Gasteiger partial charge in [-0.05, 0) is 36.0 Å². The summed E-state index contributed by atoms with van der Waals surface area (Å²) in [5, 5.41) is 0. The summed E-state index contributed by atoms with van der Waals surface area (Å²) in [5.74, 6) is -0.264. The van der Waals surface area contributed by atoms with Crippen molar-refractivity contribution in [3.63, 3.8) is 0 Å². The number of methoxy groups -OCH3 is 1. The molecule has 0 atom stereocenters. The minimum absolute atomic E-state index is 0.264. The second-order valence-corrected chi connectivity index (χ2v) is 4.48. The first-order valence-electron chi connectivity index (χ1n) is 5.34. The van der Waals surface area contributed by atoms with Gasteiger partial charge >= 0.3 is 5.97 Å². The summed E-state index contributed by atoms with van der Waals surface area (Å²) in [6.07, 6.45) is 3.82. The zero-order valence-electron chi connectivity index (χ0n) is 9.25. The summed E-state index contributed by atoms with van der Waals surface area (Å²) < 4.78 is 4.66. The Balaban J connectivity index is 2.20. The lowest BCUT2D eigenvalue weighted by molar-refractivity contribution is 0.0600. The molecular weight excluding hydrogens is 188 g/mol. The zero-order chi connectivity index (χ0) is 10.9. The fourth-order valence-electron chi connectivity index (χ4n) is 2.12. The molecule has 0 aromatic heterocycles. The largest absolute Gasteiger partial charge is 0.465 e. The molecule has 0 spiro atoms. The fraction of sp³-hybridized carbons (Fsp3) is 0.462. The van der Waals surface area contributed by atoms with Gasteiger partial charge in [0.25, 0.3) is 0 Å². The molecular formula is C13H16O2. The molecule has 2 nitrogen and oxygen atoms in total. The van der Waals surface area contributed by atoms with E-state index in [1.165, 1.54) is 31.9 Å². The highest BCUT2D eigenvalue weighted by Crippen LogP contribution is 2.42. The van der Waals surface area contributed by atoms with Gasteiger partial charge in [-0.15, -0.1) is 0 Å². The summed E-state index contributed by atoms with van der Waals surface area (Å²) in [6, 6.07) is 7.80. The lowest BCUT2D eigenvalue weighted by atomic mass is 9.66. The van der Waals surface area contributed by atoms with Crippen molar-refractivity contribution in [1.29, 1.82) is 0 Å². The molecule has 2 heteroatoms. The molecule has 1 aromatic carbocycles. The molecule has 0 aliphatic heterocycles. The average Bonchev–Trinajstić information content (AvgIpc) is 2.25. The number of carbonyl (C=O) groups excluding carboxylic acids is 1. The predicted octanol–water partition coefficient (Wildman–Crippen LogP) is 2.91. The van der Waals surface area contributed by atoms with E-state index in [4.69, 9.17) is 0 Å². The minimum atomic E-state index is -0.264. The summed E-state index contributed by atoms with van der Waals surface area (Å²) in [5.41, 5.74) is 2.31. The van der Waals surface area contributed by atoms with Gasteiger partial charge < -0.3 is 4.74 Å². The van der Waals surface area contributed by atoms with Crippen LogP contribution in [0.2, 0.25) is 0 Å². The lowest BCUT2D eigenvalue weighted by Crippen LogP contribution is -2.30. The van der Waals surface area contributed by atoms with Gasteiger partial charge in [-0.2, -0.15) is 0 Å².